The standard InChI is InChI=1S/C13H9Cl3N2O4/c14-12(20)6-8(18(21)22)13(15,16)9(11(12)17)10(19)7-4-2-1-3-5-7/h1-6,20H,17H2. The largest absolute Gasteiger partial charge is 0.398 e. The number of hydrogen-bond acceptors (Lipinski definition) is 5. The minimum absolute atomic E-state index is 0.142. The molecule has 1 aromatic carbocycles. The SMILES string of the molecule is NC1=C(C(=O)c2ccccc2)C(Cl)(Cl)C([N+](=O)[O-])=CC1(O)Cl. The van der Waals surface area contributed by atoms with Gasteiger partial charge in [0.05, 0.1) is 16.2 Å². The zero-order chi connectivity index (χ0) is 16.7. The second kappa shape index (κ2) is 5.55. The van der Waals surface area contributed by atoms with Gasteiger partial charge in [0.15, 0.2) is 5.78 Å². The molecule has 0 radical (unpaired) electrons. The van der Waals surface area contributed by atoms with Crippen LogP contribution in [0.15, 0.2) is 53.4 Å². The summed E-state index contributed by atoms with van der Waals surface area (Å²) in [6.07, 6.45) is 0.603. The van der Waals surface area contributed by atoms with Gasteiger partial charge in [-0.2, -0.15) is 0 Å². The quantitative estimate of drug-likeness (QED) is 0.371. The lowest BCUT2D eigenvalue weighted by Crippen LogP contribution is -2.43. The van der Waals surface area contributed by atoms with Crippen LogP contribution in [0, 0.1) is 10.1 Å². The zero-order valence-corrected chi connectivity index (χ0v) is 13.1. The first-order valence-corrected chi connectivity index (χ1v) is 6.99. The molecule has 0 saturated carbocycles. The molecule has 3 N–H and O–H groups in total. The summed E-state index contributed by atoms with van der Waals surface area (Å²) in [6, 6.07) is 7.72. The Balaban J connectivity index is 2.66. The molecule has 0 amide bonds. The molecule has 1 aliphatic rings. The van der Waals surface area contributed by atoms with E-state index in [0.29, 0.717) is 6.08 Å². The molecular formula is C13H9Cl3N2O4. The number of benzene rings is 1. The van der Waals surface area contributed by atoms with Gasteiger partial charge in [-0.25, -0.2) is 0 Å². The first-order chi connectivity index (χ1) is 10.1. The van der Waals surface area contributed by atoms with Crippen molar-refractivity contribution in [2.45, 2.75) is 9.39 Å². The summed E-state index contributed by atoms with van der Waals surface area (Å²) in [7, 11) is 0. The number of carbonyl (C=O) groups is 1. The molecule has 0 saturated heterocycles. The molecule has 0 fully saturated rings. The minimum Gasteiger partial charge on any atom is -0.398 e. The number of alkyl halides is 3. The second-order valence-electron chi connectivity index (χ2n) is 4.52. The van der Waals surface area contributed by atoms with Gasteiger partial charge in [-0.3, -0.25) is 14.9 Å². The van der Waals surface area contributed by atoms with Gasteiger partial charge in [-0.15, -0.1) is 0 Å². The third-order valence-corrected chi connectivity index (χ3v) is 4.15. The average molecular weight is 364 g/mol. The Morgan fingerprint density at radius 3 is 2.27 bits per heavy atom. The van der Waals surface area contributed by atoms with Gasteiger partial charge in [-0.1, -0.05) is 65.1 Å². The van der Waals surface area contributed by atoms with Crippen LogP contribution >= 0.6 is 34.8 Å². The molecule has 1 aromatic rings. The molecule has 0 bridgehead atoms. The van der Waals surface area contributed by atoms with Gasteiger partial charge in [0.25, 0.3) is 5.70 Å². The van der Waals surface area contributed by atoms with Crippen molar-refractivity contribution in [3.8, 4) is 0 Å². The third kappa shape index (κ3) is 2.70. The van der Waals surface area contributed by atoms with Crippen LogP contribution in [0.4, 0.5) is 0 Å². The molecule has 1 atom stereocenters. The molecule has 0 aromatic heterocycles. The number of aliphatic hydroxyl groups is 1. The fraction of sp³-hybridized carbons (Fsp3) is 0.154. The topological polar surface area (TPSA) is 106 Å². The first-order valence-electron chi connectivity index (χ1n) is 5.86. The molecule has 0 heterocycles. The maximum absolute atomic E-state index is 12.6. The Morgan fingerprint density at radius 2 is 1.77 bits per heavy atom. The lowest BCUT2D eigenvalue weighted by molar-refractivity contribution is -0.428. The monoisotopic (exact) mass is 362 g/mol. The van der Waals surface area contributed by atoms with Gasteiger partial charge in [-0.05, 0) is 0 Å². The van der Waals surface area contributed by atoms with Gasteiger partial charge < -0.3 is 10.8 Å². The highest BCUT2D eigenvalue weighted by atomic mass is 35.5. The Labute approximate surface area is 139 Å². The number of nitro groups is 1. The number of nitrogens with zero attached hydrogens (tertiary/aromatic N) is 1. The summed E-state index contributed by atoms with van der Waals surface area (Å²) in [5, 5.41) is 18.7. The number of allylic oxidation sites excluding steroid dienone is 1. The number of nitrogens with two attached hydrogens (primary N) is 1. The summed E-state index contributed by atoms with van der Waals surface area (Å²) in [5.41, 5.74) is 3.87. The number of hydrogen-bond donors (Lipinski definition) is 2. The Kier molecular flexibility index (Phi) is 4.23. The summed E-state index contributed by atoms with van der Waals surface area (Å²) in [4.78, 5) is 22.7. The van der Waals surface area contributed by atoms with Gasteiger partial charge in [0.1, 0.15) is 0 Å². The van der Waals surface area contributed by atoms with E-state index in [1.165, 1.54) is 12.1 Å². The predicted octanol–water partition coefficient (Wildman–Crippen LogP) is 2.36. The lowest BCUT2D eigenvalue weighted by Gasteiger charge is -2.31. The predicted molar refractivity (Wildman–Crippen MR) is 82.3 cm³/mol. The van der Waals surface area contributed by atoms with E-state index in [4.69, 9.17) is 40.5 Å². The van der Waals surface area contributed by atoms with E-state index >= 15 is 0 Å². The number of Topliss-reactive ketones (excluding diaryl/α,β-unsaturated/α-hetero) is 1. The fourth-order valence-electron chi connectivity index (χ4n) is 1.99. The van der Waals surface area contributed by atoms with Crippen molar-refractivity contribution in [3.63, 3.8) is 0 Å². The lowest BCUT2D eigenvalue weighted by atomic mass is 9.90. The number of ketones is 1. The number of rotatable bonds is 3. The van der Waals surface area contributed by atoms with Crippen LogP contribution in [0.2, 0.25) is 0 Å². The van der Waals surface area contributed by atoms with E-state index in [1.54, 1.807) is 18.2 Å². The normalized spacial score (nSPS) is 23.9. The minimum atomic E-state index is -2.44. The maximum Gasteiger partial charge on any atom is 0.287 e. The maximum atomic E-state index is 12.6. The summed E-state index contributed by atoms with van der Waals surface area (Å²) >= 11 is 17.7. The van der Waals surface area contributed by atoms with E-state index in [-0.39, 0.29) is 5.56 Å². The summed E-state index contributed by atoms with van der Waals surface area (Å²) in [5.74, 6) is -0.769. The molecule has 0 spiro atoms. The van der Waals surface area contributed by atoms with E-state index in [9.17, 15) is 20.0 Å². The van der Waals surface area contributed by atoms with Crippen LogP contribution < -0.4 is 5.73 Å². The van der Waals surface area contributed by atoms with Crippen LogP contribution in [-0.2, 0) is 0 Å². The highest BCUT2D eigenvalue weighted by molar-refractivity contribution is 6.55. The van der Waals surface area contributed by atoms with Crippen molar-refractivity contribution in [1.82, 2.24) is 0 Å². The molecule has 1 unspecified atom stereocenters. The molecule has 1 aliphatic carbocycles. The van der Waals surface area contributed by atoms with Crippen LogP contribution in [-0.4, -0.2) is 25.2 Å². The van der Waals surface area contributed by atoms with Crippen LogP contribution in [0.3, 0.4) is 0 Å². The van der Waals surface area contributed by atoms with E-state index < -0.39 is 37.1 Å². The third-order valence-electron chi connectivity index (χ3n) is 3.07. The highest BCUT2D eigenvalue weighted by Crippen LogP contribution is 2.47. The number of carbonyl (C=O) groups excluding carboxylic acids is 1. The van der Waals surface area contributed by atoms with Gasteiger partial charge in [0.2, 0.25) is 9.39 Å². The average Bonchev–Trinajstić information content (AvgIpc) is 2.44. The Bertz CT molecular complexity index is 711. The van der Waals surface area contributed by atoms with E-state index in [2.05, 4.69) is 0 Å². The number of halogens is 3. The zero-order valence-electron chi connectivity index (χ0n) is 10.8. The van der Waals surface area contributed by atoms with Crippen molar-refractivity contribution >= 4 is 40.6 Å². The molecule has 9 heteroatoms. The molecular weight excluding hydrogens is 355 g/mol. The van der Waals surface area contributed by atoms with Crippen LogP contribution in [0.5, 0.6) is 0 Å². The van der Waals surface area contributed by atoms with Crippen molar-refractivity contribution in [2.75, 3.05) is 0 Å². The van der Waals surface area contributed by atoms with Crippen molar-refractivity contribution in [1.29, 1.82) is 0 Å². The van der Waals surface area contributed by atoms with E-state index in [0.717, 1.165) is 0 Å². The molecule has 6 nitrogen and oxygen atoms in total. The summed E-state index contributed by atoms with van der Waals surface area (Å²) in [6.45, 7) is 0. The van der Waals surface area contributed by atoms with Gasteiger partial charge >= 0.3 is 0 Å². The molecule has 0 aliphatic heterocycles. The summed E-state index contributed by atoms with van der Waals surface area (Å²) < 4.78 is -2.35. The first kappa shape index (κ1) is 16.8. The smallest absolute Gasteiger partial charge is 0.287 e. The molecule has 22 heavy (non-hydrogen) atoms. The van der Waals surface area contributed by atoms with Gasteiger partial charge in [0, 0.05) is 11.6 Å². The van der Waals surface area contributed by atoms with Crippen molar-refractivity contribution in [3.05, 3.63) is 69.1 Å². The van der Waals surface area contributed by atoms with Crippen molar-refractivity contribution in [2.24, 2.45) is 5.73 Å². The highest BCUT2D eigenvalue weighted by Gasteiger charge is 2.54. The van der Waals surface area contributed by atoms with E-state index in [1.807, 2.05) is 0 Å². The fourth-order valence-corrected chi connectivity index (χ4v) is 2.81. The Morgan fingerprint density at radius 1 is 1.23 bits per heavy atom. The molecule has 116 valence electrons. The van der Waals surface area contributed by atoms with Crippen LogP contribution in [0.1, 0.15) is 10.4 Å². The van der Waals surface area contributed by atoms with Crippen LogP contribution in [0.25, 0.3) is 0 Å². The Hall–Kier alpha value is -1.60. The molecule has 2 rings (SSSR count). The second-order valence-corrected chi connectivity index (χ2v) is 6.42. The van der Waals surface area contributed by atoms with Crippen molar-refractivity contribution < 1.29 is 14.8 Å².